The van der Waals surface area contributed by atoms with Gasteiger partial charge in [-0.3, -0.25) is 9.59 Å². The van der Waals surface area contributed by atoms with Crippen molar-refractivity contribution in [3.05, 3.63) is 23.8 Å². The van der Waals surface area contributed by atoms with Crippen molar-refractivity contribution in [2.75, 3.05) is 44.6 Å². The van der Waals surface area contributed by atoms with Crippen molar-refractivity contribution in [1.82, 2.24) is 9.80 Å². The van der Waals surface area contributed by atoms with Gasteiger partial charge < -0.3 is 19.9 Å². The van der Waals surface area contributed by atoms with Gasteiger partial charge in [-0.2, -0.15) is 0 Å². The molecule has 2 heterocycles. The second-order valence-corrected chi connectivity index (χ2v) is 6.77. The first kappa shape index (κ1) is 17.7. The van der Waals surface area contributed by atoms with Gasteiger partial charge in [-0.15, -0.1) is 0 Å². The lowest BCUT2D eigenvalue weighted by Gasteiger charge is -2.34. The van der Waals surface area contributed by atoms with Gasteiger partial charge in [-0.25, -0.2) is 0 Å². The number of ether oxygens (including phenoxy) is 1. The van der Waals surface area contributed by atoms with E-state index in [2.05, 4.69) is 24.1 Å². The number of piperidine rings is 1. The second-order valence-electron chi connectivity index (χ2n) is 6.77. The summed E-state index contributed by atoms with van der Waals surface area (Å²) < 4.78 is 5.41. The molecule has 0 aliphatic carbocycles. The molecule has 25 heavy (non-hydrogen) atoms. The molecule has 1 N–H and O–H groups in total. The quantitative estimate of drug-likeness (QED) is 0.889. The smallest absolute Gasteiger partial charge is 0.262 e. The van der Waals surface area contributed by atoms with Crippen LogP contribution in [0.1, 0.15) is 37.0 Å². The number of nitrogens with one attached hydrogen (secondary N) is 1. The van der Waals surface area contributed by atoms with Crippen LogP contribution in [0, 0.1) is 5.92 Å². The fourth-order valence-corrected chi connectivity index (χ4v) is 3.56. The lowest BCUT2D eigenvalue weighted by Crippen LogP contribution is -2.41. The van der Waals surface area contributed by atoms with Crippen LogP contribution in [0.4, 0.5) is 5.69 Å². The molecular formula is C19H27N3O3. The van der Waals surface area contributed by atoms with Gasteiger partial charge in [0.25, 0.3) is 11.8 Å². The van der Waals surface area contributed by atoms with Crippen molar-refractivity contribution in [1.29, 1.82) is 0 Å². The third-order valence-corrected chi connectivity index (χ3v) is 5.17. The molecule has 6 heteroatoms. The average molecular weight is 345 g/mol. The number of carbonyl (C=O) groups is 2. The zero-order valence-electron chi connectivity index (χ0n) is 15.1. The highest BCUT2D eigenvalue weighted by Gasteiger charge is 2.26. The summed E-state index contributed by atoms with van der Waals surface area (Å²) in [4.78, 5) is 28.5. The number of carbonyl (C=O) groups excluding carboxylic acids is 2. The number of benzene rings is 1. The Morgan fingerprint density at radius 2 is 2.00 bits per heavy atom. The largest absolute Gasteiger partial charge is 0.482 e. The molecule has 1 aromatic rings. The molecule has 1 aromatic carbocycles. The normalized spacial score (nSPS) is 17.9. The van der Waals surface area contributed by atoms with Gasteiger partial charge in [-0.05, 0) is 50.0 Å². The Balaban J connectivity index is 1.59. The average Bonchev–Trinajstić information content (AvgIpc) is 2.65. The zero-order chi connectivity index (χ0) is 17.8. The Morgan fingerprint density at radius 3 is 2.68 bits per heavy atom. The molecule has 2 aliphatic rings. The number of hydrogen-bond donors (Lipinski definition) is 1. The van der Waals surface area contributed by atoms with Crippen molar-refractivity contribution in [3.8, 4) is 5.75 Å². The number of nitrogens with zero attached hydrogens (tertiary/aromatic N) is 2. The molecule has 2 amide bonds. The Bertz CT molecular complexity index is 635. The molecule has 0 unspecified atom stereocenters. The van der Waals surface area contributed by atoms with Gasteiger partial charge in [0.15, 0.2) is 6.61 Å². The summed E-state index contributed by atoms with van der Waals surface area (Å²) in [6.07, 6.45) is 2.11. The van der Waals surface area contributed by atoms with E-state index in [9.17, 15) is 9.59 Å². The van der Waals surface area contributed by atoms with E-state index in [0.29, 0.717) is 22.9 Å². The minimum atomic E-state index is -0.165. The molecule has 0 atom stereocenters. The fourth-order valence-electron chi connectivity index (χ4n) is 3.56. The summed E-state index contributed by atoms with van der Waals surface area (Å²) in [6.45, 7) is 9.30. The second kappa shape index (κ2) is 7.87. The summed E-state index contributed by atoms with van der Waals surface area (Å²) in [5, 5.41) is 2.75. The van der Waals surface area contributed by atoms with Crippen molar-refractivity contribution in [2.45, 2.75) is 26.7 Å². The van der Waals surface area contributed by atoms with Crippen LogP contribution in [0.2, 0.25) is 0 Å². The Hall–Kier alpha value is -2.08. The van der Waals surface area contributed by atoms with E-state index in [1.807, 2.05) is 4.90 Å². The molecule has 0 radical (unpaired) electrons. The van der Waals surface area contributed by atoms with Gasteiger partial charge in [0, 0.05) is 25.2 Å². The predicted molar refractivity (Wildman–Crippen MR) is 97.0 cm³/mol. The molecule has 1 fully saturated rings. The molecule has 136 valence electrons. The fraction of sp³-hybridized carbons (Fsp3) is 0.579. The third-order valence-electron chi connectivity index (χ3n) is 5.17. The minimum Gasteiger partial charge on any atom is -0.482 e. The number of fused-ring (bicyclic) bond motifs is 1. The maximum atomic E-state index is 12.8. The lowest BCUT2D eigenvalue weighted by molar-refractivity contribution is -0.118. The van der Waals surface area contributed by atoms with Crippen molar-refractivity contribution in [3.63, 3.8) is 0 Å². The van der Waals surface area contributed by atoms with Crippen LogP contribution in [0.5, 0.6) is 5.75 Å². The van der Waals surface area contributed by atoms with E-state index < -0.39 is 0 Å². The molecule has 0 bridgehead atoms. The topological polar surface area (TPSA) is 61.9 Å². The molecule has 0 saturated carbocycles. The van der Waals surface area contributed by atoms with Crippen LogP contribution in [0.15, 0.2) is 18.2 Å². The van der Waals surface area contributed by atoms with Gasteiger partial charge in [0.05, 0.1) is 5.69 Å². The van der Waals surface area contributed by atoms with Crippen molar-refractivity contribution in [2.24, 2.45) is 5.92 Å². The van der Waals surface area contributed by atoms with Crippen LogP contribution >= 0.6 is 0 Å². The summed E-state index contributed by atoms with van der Waals surface area (Å²) >= 11 is 0. The van der Waals surface area contributed by atoms with E-state index in [0.717, 1.165) is 45.6 Å². The SMILES string of the molecule is CCN(CC)CC1CCN(C(=O)c2ccc3c(c2)OCC(=O)N3)CC1. The Kier molecular flexibility index (Phi) is 5.58. The van der Waals surface area contributed by atoms with Crippen molar-refractivity contribution >= 4 is 17.5 Å². The Morgan fingerprint density at radius 1 is 1.28 bits per heavy atom. The Labute approximate surface area is 149 Å². The highest BCUT2D eigenvalue weighted by molar-refractivity contribution is 5.99. The molecule has 1 saturated heterocycles. The van der Waals surface area contributed by atoms with E-state index in [-0.39, 0.29) is 18.4 Å². The summed E-state index contributed by atoms with van der Waals surface area (Å²) in [6, 6.07) is 5.24. The molecule has 6 nitrogen and oxygen atoms in total. The maximum Gasteiger partial charge on any atom is 0.262 e. The molecular weight excluding hydrogens is 318 g/mol. The first-order valence-corrected chi connectivity index (χ1v) is 9.19. The summed E-state index contributed by atoms with van der Waals surface area (Å²) in [5.41, 5.74) is 1.25. The van der Waals surface area contributed by atoms with E-state index >= 15 is 0 Å². The van der Waals surface area contributed by atoms with Crippen LogP contribution in [-0.4, -0.2) is 60.9 Å². The van der Waals surface area contributed by atoms with E-state index in [1.165, 1.54) is 0 Å². The monoisotopic (exact) mass is 345 g/mol. The number of amides is 2. The summed E-state index contributed by atoms with van der Waals surface area (Å²) in [7, 11) is 0. The number of anilines is 1. The highest BCUT2D eigenvalue weighted by Crippen LogP contribution is 2.29. The van der Waals surface area contributed by atoms with Gasteiger partial charge in [0.1, 0.15) is 5.75 Å². The number of hydrogen-bond acceptors (Lipinski definition) is 4. The van der Waals surface area contributed by atoms with Crippen molar-refractivity contribution < 1.29 is 14.3 Å². The van der Waals surface area contributed by atoms with E-state index in [1.54, 1.807) is 18.2 Å². The molecule has 3 rings (SSSR count). The van der Waals surface area contributed by atoms with Crippen LogP contribution < -0.4 is 10.1 Å². The van der Waals surface area contributed by atoms with Crippen LogP contribution in [-0.2, 0) is 4.79 Å². The van der Waals surface area contributed by atoms with Gasteiger partial charge in [0.2, 0.25) is 0 Å². The molecule has 0 spiro atoms. The van der Waals surface area contributed by atoms with Crippen LogP contribution in [0.25, 0.3) is 0 Å². The van der Waals surface area contributed by atoms with Gasteiger partial charge in [-0.1, -0.05) is 13.8 Å². The van der Waals surface area contributed by atoms with E-state index in [4.69, 9.17) is 4.74 Å². The first-order chi connectivity index (χ1) is 12.1. The molecule has 0 aromatic heterocycles. The number of likely N-dealkylation sites (tertiary alicyclic amines) is 1. The molecule has 2 aliphatic heterocycles. The first-order valence-electron chi connectivity index (χ1n) is 9.19. The summed E-state index contributed by atoms with van der Waals surface area (Å²) in [5.74, 6) is 1.12. The number of rotatable bonds is 5. The van der Waals surface area contributed by atoms with Crippen LogP contribution in [0.3, 0.4) is 0 Å². The minimum absolute atomic E-state index is 0.00138. The highest BCUT2D eigenvalue weighted by atomic mass is 16.5. The predicted octanol–water partition coefficient (Wildman–Crippen LogP) is 2.21. The third kappa shape index (κ3) is 4.12. The zero-order valence-corrected chi connectivity index (χ0v) is 15.1. The van der Waals surface area contributed by atoms with Gasteiger partial charge >= 0.3 is 0 Å². The maximum absolute atomic E-state index is 12.8. The lowest BCUT2D eigenvalue weighted by atomic mass is 9.95. The standard InChI is InChI=1S/C19H27N3O3/c1-3-21(4-2)12-14-7-9-22(10-8-14)19(24)15-5-6-16-17(11-15)25-13-18(23)20-16/h5-6,11,14H,3-4,7-10,12-13H2,1-2H3,(H,20,23).